The maximum Gasteiger partial charge on any atom is 0.294 e. The molecule has 3 rings (SSSR count). The molecular weight excluding hydrogens is 478 g/mol. The molecule has 1 heterocycles. The van der Waals surface area contributed by atoms with Crippen LogP contribution < -0.4 is 10.7 Å². The van der Waals surface area contributed by atoms with Gasteiger partial charge in [-0.05, 0) is 42.5 Å². The molecule has 1 aliphatic heterocycles. The number of sulfone groups is 1. The number of hydrazone groups is 1. The molecule has 0 radical (unpaired) electrons. The molecule has 4 N–H and O–H groups in total. The van der Waals surface area contributed by atoms with Gasteiger partial charge in [-0.25, -0.2) is 8.42 Å². The van der Waals surface area contributed by atoms with E-state index in [4.69, 9.17) is 15.4 Å². The Morgan fingerprint density at radius 2 is 1.76 bits per heavy atom. The molecule has 0 saturated heterocycles. The third-order valence-corrected chi connectivity index (χ3v) is 6.93. The van der Waals surface area contributed by atoms with Gasteiger partial charge in [0.15, 0.2) is 15.5 Å². The highest BCUT2D eigenvalue weighted by atomic mass is 32.2. The number of benzene rings is 2. The standard InChI is InChI=1S/C18H17N5O8S2/c19-17(25)15-16(21-20-11-2-1-3-14(10-11)32(27,28)9-8-24)18(26)23(22-15)12-4-6-13(7-5-12)33(29,30)31/h1-7,10,16,24H,8-9H2,(H2,19,25)(H,29,30,31). The average Bonchev–Trinajstić information content (AvgIpc) is 3.08. The quantitative estimate of drug-likeness (QED) is 0.335. The number of aliphatic hydroxyl groups is 1. The maximum atomic E-state index is 12.8. The maximum absolute atomic E-state index is 12.8. The van der Waals surface area contributed by atoms with Crippen LogP contribution in [0.25, 0.3) is 0 Å². The van der Waals surface area contributed by atoms with Crippen molar-refractivity contribution in [3.63, 3.8) is 0 Å². The molecule has 15 heteroatoms. The van der Waals surface area contributed by atoms with Gasteiger partial charge < -0.3 is 10.8 Å². The van der Waals surface area contributed by atoms with Gasteiger partial charge in [0.25, 0.3) is 21.9 Å². The van der Waals surface area contributed by atoms with Gasteiger partial charge in [0.2, 0.25) is 6.04 Å². The summed E-state index contributed by atoms with van der Waals surface area (Å²) in [5.41, 5.74) is 4.98. The minimum Gasteiger partial charge on any atom is -0.395 e. The van der Waals surface area contributed by atoms with Crippen LogP contribution in [0.15, 0.2) is 73.7 Å². The molecule has 33 heavy (non-hydrogen) atoms. The summed E-state index contributed by atoms with van der Waals surface area (Å²) in [6.07, 6.45) is 0. The Morgan fingerprint density at radius 1 is 1.09 bits per heavy atom. The van der Waals surface area contributed by atoms with Crippen molar-refractivity contribution in [2.24, 2.45) is 21.1 Å². The van der Waals surface area contributed by atoms with Crippen LogP contribution in [0.1, 0.15) is 0 Å². The van der Waals surface area contributed by atoms with E-state index in [0.29, 0.717) is 0 Å². The van der Waals surface area contributed by atoms with Crippen LogP contribution in [0.5, 0.6) is 0 Å². The number of hydrogen-bond donors (Lipinski definition) is 3. The number of anilines is 1. The molecule has 0 aromatic heterocycles. The van der Waals surface area contributed by atoms with Crippen LogP contribution >= 0.6 is 0 Å². The lowest BCUT2D eigenvalue weighted by atomic mass is 10.2. The van der Waals surface area contributed by atoms with E-state index in [9.17, 15) is 26.4 Å². The first-order valence-electron chi connectivity index (χ1n) is 9.08. The van der Waals surface area contributed by atoms with E-state index < -0.39 is 60.8 Å². The number of nitrogens with zero attached hydrogens (tertiary/aromatic N) is 4. The number of nitrogens with two attached hydrogens (primary N) is 1. The Labute approximate surface area is 187 Å². The van der Waals surface area contributed by atoms with E-state index in [-0.39, 0.29) is 16.3 Å². The number of primary amides is 1. The van der Waals surface area contributed by atoms with Crippen molar-refractivity contribution in [1.82, 2.24) is 0 Å². The molecule has 2 amide bonds. The Hall–Kier alpha value is -3.53. The molecule has 1 unspecified atom stereocenters. The lowest BCUT2D eigenvalue weighted by molar-refractivity contribution is -0.118. The Kier molecular flexibility index (Phi) is 6.68. The highest BCUT2D eigenvalue weighted by molar-refractivity contribution is 7.91. The third kappa shape index (κ3) is 5.28. The van der Waals surface area contributed by atoms with Crippen molar-refractivity contribution in [2.75, 3.05) is 17.4 Å². The van der Waals surface area contributed by atoms with Gasteiger partial charge in [0.05, 0.1) is 33.5 Å². The Balaban J connectivity index is 1.90. The Morgan fingerprint density at radius 3 is 2.33 bits per heavy atom. The number of azo groups is 1. The van der Waals surface area contributed by atoms with Crippen LogP contribution in [0.4, 0.5) is 11.4 Å². The molecule has 1 aliphatic rings. The molecule has 0 saturated carbocycles. The SMILES string of the molecule is NC(=O)C1=NN(c2ccc(S(=O)(=O)O)cc2)C(=O)C1N=Nc1cccc(S(=O)(=O)CCO)c1. The largest absolute Gasteiger partial charge is 0.395 e. The second-order valence-corrected chi connectivity index (χ2v) is 10.2. The number of rotatable bonds is 8. The second-order valence-electron chi connectivity index (χ2n) is 6.63. The zero-order valence-corrected chi connectivity index (χ0v) is 18.3. The number of amides is 2. The van der Waals surface area contributed by atoms with Gasteiger partial charge in [0.1, 0.15) is 0 Å². The van der Waals surface area contributed by atoms with Gasteiger partial charge >= 0.3 is 0 Å². The first-order chi connectivity index (χ1) is 15.4. The van der Waals surface area contributed by atoms with Crippen molar-refractivity contribution >= 4 is 48.9 Å². The number of aliphatic hydroxyl groups excluding tert-OH is 1. The number of carbonyl (C=O) groups is 2. The van der Waals surface area contributed by atoms with E-state index >= 15 is 0 Å². The zero-order chi connectivity index (χ0) is 24.4. The van der Waals surface area contributed by atoms with Crippen LogP contribution in [0, 0.1) is 0 Å². The van der Waals surface area contributed by atoms with Gasteiger partial charge in [-0.1, -0.05) is 6.07 Å². The molecule has 0 aliphatic carbocycles. The van der Waals surface area contributed by atoms with E-state index in [1.165, 1.54) is 36.4 Å². The fourth-order valence-electron chi connectivity index (χ4n) is 2.78. The summed E-state index contributed by atoms with van der Waals surface area (Å²) in [4.78, 5) is 24.0. The summed E-state index contributed by atoms with van der Waals surface area (Å²) in [7, 11) is -8.20. The molecule has 0 bridgehead atoms. The van der Waals surface area contributed by atoms with Crippen LogP contribution in [-0.4, -0.2) is 62.4 Å². The Bertz CT molecular complexity index is 1370. The monoisotopic (exact) mass is 495 g/mol. The summed E-state index contributed by atoms with van der Waals surface area (Å²) in [6.45, 7) is -0.565. The van der Waals surface area contributed by atoms with E-state index in [1.807, 2.05) is 0 Å². The summed E-state index contributed by atoms with van der Waals surface area (Å²) in [5.74, 6) is -2.36. The fraction of sp³-hybridized carbons (Fsp3) is 0.167. The molecule has 1 atom stereocenters. The lowest BCUT2D eigenvalue weighted by Crippen LogP contribution is -2.35. The fourth-order valence-corrected chi connectivity index (χ4v) is 4.32. The summed E-state index contributed by atoms with van der Waals surface area (Å²) in [5, 5.41) is 21.2. The number of carbonyl (C=O) groups excluding carboxylic acids is 2. The van der Waals surface area contributed by atoms with Crippen molar-refractivity contribution in [3.05, 3.63) is 48.5 Å². The second kappa shape index (κ2) is 9.14. The predicted molar refractivity (Wildman–Crippen MR) is 114 cm³/mol. The third-order valence-electron chi connectivity index (χ3n) is 4.37. The molecule has 2 aromatic rings. The van der Waals surface area contributed by atoms with Gasteiger partial charge in [-0.3, -0.25) is 14.1 Å². The first-order valence-corrected chi connectivity index (χ1v) is 12.2. The van der Waals surface area contributed by atoms with E-state index in [0.717, 1.165) is 17.1 Å². The van der Waals surface area contributed by atoms with Crippen molar-refractivity contribution in [2.45, 2.75) is 15.8 Å². The molecular formula is C18H17N5O8S2. The van der Waals surface area contributed by atoms with E-state index in [2.05, 4.69) is 15.3 Å². The molecule has 0 fully saturated rings. The summed E-state index contributed by atoms with van der Waals surface area (Å²) in [6, 6.07) is 8.18. The zero-order valence-electron chi connectivity index (χ0n) is 16.6. The minimum absolute atomic E-state index is 0.0570. The predicted octanol–water partition coefficient (Wildman–Crippen LogP) is 0.0397. The normalized spacial score (nSPS) is 16.9. The lowest BCUT2D eigenvalue weighted by Gasteiger charge is -2.12. The van der Waals surface area contributed by atoms with Crippen LogP contribution in [0.3, 0.4) is 0 Å². The average molecular weight is 495 g/mol. The highest BCUT2D eigenvalue weighted by Gasteiger charge is 2.40. The van der Waals surface area contributed by atoms with Crippen molar-refractivity contribution < 1.29 is 36.1 Å². The number of hydrogen-bond acceptors (Lipinski definition) is 10. The molecule has 2 aromatic carbocycles. The minimum atomic E-state index is -4.45. The van der Waals surface area contributed by atoms with Crippen LogP contribution in [0.2, 0.25) is 0 Å². The smallest absolute Gasteiger partial charge is 0.294 e. The van der Waals surface area contributed by atoms with Gasteiger partial charge in [0, 0.05) is 0 Å². The van der Waals surface area contributed by atoms with Gasteiger partial charge in [-0.15, -0.1) is 0 Å². The topological polar surface area (TPSA) is 209 Å². The van der Waals surface area contributed by atoms with Crippen molar-refractivity contribution in [3.8, 4) is 0 Å². The molecule has 174 valence electrons. The first kappa shape index (κ1) is 24.1. The van der Waals surface area contributed by atoms with E-state index in [1.54, 1.807) is 0 Å². The molecule has 13 nitrogen and oxygen atoms in total. The van der Waals surface area contributed by atoms with Crippen molar-refractivity contribution in [1.29, 1.82) is 0 Å². The summed E-state index contributed by atoms with van der Waals surface area (Å²) < 4.78 is 55.6. The van der Waals surface area contributed by atoms with Gasteiger partial charge in [-0.2, -0.15) is 28.8 Å². The van der Waals surface area contributed by atoms with Crippen LogP contribution in [-0.2, 0) is 29.5 Å². The molecule has 0 spiro atoms. The highest BCUT2D eigenvalue weighted by Crippen LogP contribution is 2.26. The summed E-state index contributed by atoms with van der Waals surface area (Å²) >= 11 is 0.